The van der Waals surface area contributed by atoms with Gasteiger partial charge in [0.1, 0.15) is 5.82 Å². The molecule has 1 fully saturated rings. The molecular formula is C13H14F4N2O. The number of hydrogen-bond acceptors (Lipinski definition) is 2. The summed E-state index contributed by atoms with van der Waals surface area (Å²) in [5.74, 6) is -1.77. The van der Waals surface area contributed by atoms with Crippen LogP contribution in [-0.4, -0.2) is 25.0 Å². The number of carbonyl (C=O) groups is 1. The molecule has 2 rings (SSSR count). The van der Waals surface area contributed by atoms with Crippen molar-refractivity contribution in [3.63, 3.8) is 0 Å². The van der Waals surface area contributed by atoms with Crippen LogP contribution in [0.2, 0.25) is 0 Å². The number of benzene rings is 1. The van der Waals surface area contributed by atoms with Gasteiger partial charge >= 0.3 is 6.18 Å². The highest BCUT2D eigenvalue weighted by molar-refractivity contribution is 5.94. The molecule has 0 saturated carbocycles. The minimum Gasteiger partial charge on any atom is -0.348 e. The summed E-state index contributed by atoms with van der Waals surface area (Å²) in [7, 11) is 0. The lowest BCUT2D eigenvalue weighted by atomic mass is 10.1. The Balaban J connectivity index is 2.14. The second-order valence-corrected chi connectivity index (χ2v) is 4.74. The molecule has 1 heterocycles. The maximum Gasteiger partial charge on any atom is 0.416 e. The van der Waals surface area contributed by atoms with Crippen molar-refractivity contribution in [3.05, 3.63) is 35.1 Å². The molecule has 1 aliphatic heterocycles. The monoisotopic (exact) mass is 290 g/mol. The third kappa shape index (κ3) is 3.69. The number of amides is 1. The zero-order valence-corrected chi connectivity index (χ0v) is 10.6. The lowest BCUT2D eigenvalue weighted by Crippen LogP contribution is -2.45. The number of halogens is 4. The van der Waals surface area contributed by atoms with E-state index in [4.69, 9.17) is 0 Å². The third-order valence-electron chi connectivity index (χ3n) is 3.12. The van der Waals surface area contributed by atoms with Crippen LogP contribution < -0.4 is 10.6 Å². The SMILES string of the molecule is O=C(N[C@H]1CCCNC1)c1cc(F)cc(C(F)(F)F)c1. The van der Waals surface area contributed by atoms with E-state index in [0.29, 0.717) is 18.7 Å². The lowest BCUT2D eigenvalue weighted by Gasteiger charge is -2.24. The number of carbonyl (C=O) groups excluding carboxylic acids is 1. The first-order valence-corrected chi connectivity index (χ1v) is 6.25. The predicted octanol–water partition coefficient (Wildman–Crippen LogP) is 2.33. The molecule has 0 spiro atoms. The van der Waals surface area contributed by atoms with Crippen LogP contribution in [0.15, 0.2) is 18.2 Å². The average Bonchev–Trinajstić information content (AvgIpc) is 2.38. The first-order chi connectivity index (χ1) is 9.36. The van der Waals surface area contributed by atoms with Crippen LogP contribution in [0.3, 0.4) is 0 Å². The van der Waals surface area contributed by atoms with E-state index in [9.17, 15) is 22.4 Å². The van der Waals surface area contributed by atoms with Gasteiger partial charge in [-0.1, -0.05) is 0 Å². The number of hydrogen-bond donors (Lipinski definition) is 2. The highest BCUT2D eigenvalue weighted by Gasteiger charge is 2.32. The largest absolute Gasteiger partial charge is 0.416 e. The van der Waals surface area contributed by atoms with Gasteiger partial charge in [-0.2, -0.15) is 13.2 Å². The molecule has 7 heteroatoms. The topological polar surface area (TPSA) is 41.1 Å². The number of nitrogens with one attached hydrogen (secondary N) is 2. The van der Waals surface area contributed by atoms with Crippen LogP contribution in [0, 0.1) is 5.82 Å². The third-order valence-corrected chi connectivity index (χ3v) is 3.12. The summed E-state index contributed by atoms with van der Waals surface area (Å²) in [6, 6.07) is 1.70. The standard InChI is InChI=1S/C13H14F4N2O/c14-10-5-8(4-9(6-10)13(15,16)17)12(20)19-11-2-1-3-18-7-11/h4-6,11,18H,1-3,7H2,(H,19,20)/t11-/m0/s1. The second-order valence-electron chi connectivity index (χ2n) is 4.74. The molecule has 0 bridgehead atoms. The Bertz CT molecular complexity index is 496. The highest BCUT2D eigenvalue weighted by atomic mass is 19.4. The molecule has 0 radical (unpaired) electrons. The first kappa shape index (κ1) is 14.8. The van der Waals surface area contributed by atoms with Crippen LogP contribution in [-0.2, 0) is 6.18 Å². The number of rotatable bonds is 2. The average molecular weight is 290 g/mol. The van der Waals surface area contributed by atoms with Gasteiger partial charge < -0.3 is 10.6 Å². The maximum absolute atomic E-state index is 13.2. The predicted molar refractivity (Wildman–Crippen MR) is 64.8 cm³/mol. The van der Waals surface area contributed by atoms with Crippen molar-refractivity contribution in [1.82, 2.24) is 10.6 Å². The highest BCUT2D eigenvalue weighted by Crippen LogP contribution is 2.30. The summed E-state index contributed by atoms with van der Waals surface area (Å²) < 4.78 is 50.9. The van der Waals surface area contributed by atoms with Crippen LogP contribution in [0.1, 0.15) is 28.8 Å². The minimum atomic E-state index is -4.68. The molecular weight excluding hydrogens is 276 g/mol. The summed E-state index contributed by atoms with van der Waals surface area (Å²) in [5, 5.41) is 5.68. The van der Waals surface area contributed by atoms with E-state index >= 15 is 0 Å². The molecule has 1 saturated heterocycles. The number of alkyl halides is 3. The Kier molecular flexibility index (Phi) is 4.27. The molecule has 2 N–H and O–H groups in total. The van der Waals surface area contributed by atoms with Gasteiger partial charge in [0.25, 0.3) is 5.91 Å². The first-order valence-electron chi connectivity index (χ1n) is 6.25. The summed E-state index contributed by atoms with van der Waals surface area (Å²) >= 11 is 0. The van der Waals surface area contributed by atoms with Crippen molar-refractivity contribution in [1.29, 1.82) is 0 Å². The molecule has 0 aliphatic carbocycles. The Morgan fingerprint density at radius 3 is 2.65 bits per heavy atom. The van der Waals surface area contributed by atoms with Crippen LogP contribution in [0.25, 0.3) is 0 Å². The Morgan fingerprint density at radius 1 is 1.30 bits per heavy atom. The smallest absolute Gasteiger partial charge is 0.348 e. The Hall–Kier alpha value is -1.63. The van der Waals surface area contributed by atoms with Crippen molar-refractivity contribution in [2.45, 2.75) is 25.1 Å². The van der Waals surface area contributed by atoms with Gasteiger partial charge in [-0.05, 0) is 37.6 Å². The van der Waals surface area contributed by atoms with Gasteiger partial charge in [-0.25, -0.2) is 4.39 Å². The zero-order chi connectivity index (χ0) is 14.8. The Labute approximate surface area is 113 Å². The quantitative estimate of drug-likeness (QED) is 0.821. The zero-order valence-electron chi connectivity index (χ0n) is 10.6. The van der Waals surface area contributed by atoms with Gasteiger partial charge in [0.15, 0.2) is 0 Å². The molecule has 1 aromatic carbocycles. The molecule has 110 valence electrons. The van der Waals surface area contributed by atoms with Crippen LogP contribution in [0.5, 0.6) is 0 Å². The lowest BCUT2D eigenvalue weighted by molar-refractivity contribution is -0.137. The molecule has 1 aliphatic rings. The fraction of sp³-hybridized carbons (Fsp3) is 0.462. The molecule has 0 aromatic heterocycles. The van der Waals surface area contributed by atoms with E-state index in [1.807, 2.05) is 0 Å². The second kappa shape index (κ2) is 5.78. The van der Waals surface area contributed by atoms with Crippen LogP contribution in [0.4, 0.5) is 17.6 Å². The summed E-state index contributed by atoms with van der Waals surface area (Å²) in [5.41, 5.74) is -1.48. The molecule has 1 aromatic rings. The van der Waals surface area contributed by atoms with E-state index in [0.717, 1.165) is 25.5 Å². The summed E-state index contributed by atoms with van der Waals surface area (Å²) in [6.07, 6.45) is -3.05. The van der Waals surface area contributed by atoms with Crippen molar-refractivity contribution >= 4 is 5.91 Å². The van der Waals surface area contributed by atoms with E-state index < -0.39 is 23.5 Å². The van der Waals surface area contributed by atoms with Crippen molar-refractivity contribution < 1.29 is 22.4 Å². The fourth-order valence-corrected chi connectivity index (χ4v) is 2.13. The van der Waals surface area contributed by atoms with Gasteiger partial charge in [0.2, 0.25) is 0 Å². The van der Waals surface area contributed by atoms with Gasteiger partial charge in [-0.15, -0.1) is 0 Å². The van der Waals surface area contributed by atoms with Gasteiger partial charge in [0.05, 0.1) is 5.56 Å². The molecule has 3 nitrogen and oxygen atoms in total. The van der Waals surface area contributed by atoms with E-state index in [1.54, 1.807) is 0 Å². The van der Waals surface area contributed by atoms with Gasteiger partial charge in [0, 0.05) is 18.2 Å². The fourth-order valence-electron chi connectivity index (χ4n) is 2.13. The van der Waals surface area contributed by atoms with Crippen molar-refractivity contribution in [2.75, 3.05) is 13.1 Å². The van der Waals surface area contributed by atoms with E-state index in [2.05, 4.69) is 10.6 Å². The molecule has 0 unspecified atom stereocenters. The summed E-state index contributed by atoms with van der Waals surface area (Å²) in [4.78, 5) is 11.9. The molecule has 20 heavy (non-hydrogen) atoms. The number of piperidine rings is 1. The summed E-state index contributed by atoms with van der Waals surface area (Å²) in [6.45, 7) is 1.41. The minimum absolute atomic E-state index is 0.145. The van der Waals surface area contributed by atoms with Crippen LogP contribution >= 0.6 is 0 Å². The van der Waals surface area contributed by atoms with E-state index in [1.165, 1.54) is 0 Å². The van der Waals surface area contributed by atoms with Crippen molar-refractivity contribution in [3.8, 4) is 0 Å². The van der Waals surface area contributed by atoms with Crippen molar-refractivity contribution in [2.24, 2.45) is 0 Å². The Morgan fingerprint density at radius 2 is 2.05 bits per heavy atom. The maximum atomic E-state index is 13.2. The molecule has 1 amide bonds. The van der Waals surface area contributed by atoms with E-state index in [-0.39, 0.29) is 11.6 Å². The molecule has 1 atom stereocenters. The van der Waals surface area contributed by atoms with Gasteiger partial charge in [-0.3, -0.25) is 4.79 Å². The normalized spacial score (nSPS) is 19.7.